The molecule has 5 nitrogen and oxygen atoms in total. The molecule has 0 spiro atoms. The van der Waals surface area contributed by atoms with Crippen LogP contribution < -0.4 is 5.32 Å². The van der Waals surface area contributed by atoms with Crippen LogP contribution in [0.2, 0.25) is 0 Å². The zero-order chi connectivity index (χ0) is 15.5. The van der Waals surface area contributed by atoms with Crippen molar-refractivity contribution in [3.63, 3.8) is 0 Å². The standard InChI is InChI=1S/C16H21NO4/c1-11-4-2-3-9-16(11,15(20)21)17-14(19)13-7-5-12(10-18)6-8-13/h5-8,11,18H,2-4,9-10H2,1H3,(H,17,19)(H,20,21). The predicted molar refractivity (Wildman–Crippen MR) is 77.8 cm³/mol. The van der Waals surface area contributed by atoms with Gasteiger partial charge in [-0.15, -0.1) is 0 Å². The highest BCUT2D eigenvalue weighted by molar-refractivity contribution is 5.98. The maximum atomic E-state index is 12.3. The Bertz CT molecular complexity index is 526. The molecule has 1 aliphatic rings. The number of carboxylic acid groups (broad SMARTS) is 1. The molecule has 0 saturated heterocycles. The third-order valence-electron chi connectivity index (χ3n) is 4.42. The van der Waals surface area contributed by atoms with Gasteiger partial charge in [-0.2, -0.15) is 0 Å². The molecule has 1 aromatic carbocycles. The Labute approximate surface area is 124 Å². The van der Waals surface area contributed by atoms with E-state index in [1.54, 1.807) is 24.3 Å². The number of aliphatic carboxylic acids is 1. The van der Waals surface area contributed by atoms with Crippen molar-refractivity contribution in [2.45, 2.75) is 44.8 Å². The maximum Gasteiger partial charge on any atom is 0.329 e. The van der Waals surface area contributed by atoms with Gasteiger partial charge < -0.3 is 15.5 Å². The number of hydrogen-bond acceptors (Lipinski definition) is 3. The van der Waals surface area contributed by atoms with Crippen molar-refractivity contribution in [1.29, 1.82) is 0 Å². The number of aliphatic hydroxyl groups excluding tert-OH is 1. The molecule has 2 rings (SSSR count). The quantitative estimate of drug-likeness (QED) is 0.791. The number of rotatable bonds is 4. The number of carbonyl (C=O) groups is 2. The molecule has 1 saturated carbocycles. The van der Waals surface area contributed by atoms with E-state index in [4.69, 9.17) is 5.11 Å². The predicted octanol–water partition coefficient (Wildman–Crippen LogP) is 1.94. The molecule has 0 aliphatic heterocycles. The molecule has 3 N–H and O–H groups in total. The second-order valence-electron chi connectivity index (χ2n) is 5.73. The first-order valence-corrected chi connectivity index (χ1v) is 7.25. The van der Waals surface area contributed by atoms with E-state index in [0.717, 1.165) is 19.3 Å². The largest absolute Gasteiger partial charge is 0.479 e. The summed E-state index contributed by atoms with van der Waals surface area (Å²) < 4.78 is 0. The Morgan fingerprint density at radius 1 is 1.29 bits per heavy atom. The van der Waals surface area contributed by atoms with Gasteiger partial charge in [0.1, 0.15) is 5.54 Å². The fraction of sp³-hybridized carbons (Fsp3) is 0.500. The van der Waals surface area contributed by atoms with Crippen LogP contribution in [0.1, 0.15) is 48.5 Å². The van der Waals surface area contributed by atoms with Crippen LogP contribution in [0.25, 0.3) is 0 Å². The third-order valence-corrected chi connectivity index (χ3v) is 4.42. The summed E-state index contributed by atoms with van der Waals surface area (Å²) >= 11 is 0. The van der Waals surface area contributed by atoms with E-state index in [1.807, 2.05) is 6.92 Å². The highest BCUT2D eigenvalue weighted by atomic mass is 16.4. The lowest BCUT2D eigenvalue weighted by atomic mass is 9.73. The first kappa shape index (κ1) is 15.5. The first-order valence-electron chi connectivity index (χ1n) is 7.25. The van der Waals surface area contributed by atoms with E-state index in [1.165, 1.54) is 0 Å². The van der Waals surface area contributed by atoms with Crippen molar-refractivity contribution in [3.8, 4) is 0 Å². The van der Waals surface area contributed by atoms with Gasteiger partial charge in [0.15, 0.2) is 0 Å². The van der Waals surface area contributed by atoms with E-state index < -0.39 is 11.5 Å². The zero-order valence-corrected chi connectivity index (χ0v) is 12.1. The number of carboxylic acids is 1. The topological polar surface area (TPSA) is 86.6 Å². The monoisotopic (exact) mass is 291 g/mol. The molecule has 1 aliphatic carbocycles. The van der Waals surface area contributed by atoms with Crippen molar-refractivity contribution in [3.05, 3.63) is 35.4 Å². The molecular weight excluding hydrogens is 270 g/mol. The summed E-state index contributed by atoms with van der Waals surface area (Å²) in [6.45, 7) is 1.79. The van der Waals surface area contributed by atoms with Crippen LogP contribution >= 0.6 is 0 Å². The van der Waals surface area contributed by atoms with E-state index in [9.17, 15) is 14.7 Å². The Morgan fingerprint density at radius 3 is 2.48 bits per heavy atom. The average Bonchev–Trinajstić information content (AvgIpc) is 2.49. The second kappa shape index (κ2) is 6.26. The van der Waals surface area contributed by atoms with Crippen LogP contribution in [0.3, 0.4) is 0 Å². The molecule has 114 valence electrons. The minimum atomic E-state index is -1.18. The molecule has 0 heterocycles. The average molecular weight is 291 g/mol. The molecule has 0 bridgehead atoms. The molecule has 1 aromatic rings. The maximum absolute atomic E-state index is 12.3. The molecule has 2 unspecified atom stereocenters. The van der Waals surface area contributed by atoms with E-state index in [2.05, 4.69) is 5.32 Å². The molecule has 5 heteroatoms. The van der Waals surface area contributed by atoms with Crippen LogP contribution in [0.4, 0.5) is 0 Å². The van der Waals surface area contributed by atoms with Gasteiger partial charge in [0.05, 0.1) is 6.61 Å². The normalized spacial score (nSPS) is 25.3. The second-order valence-corrected chi connectivity index (χ2v) is 5.73. The van der Waals surface area contributed by atoms with Gasteiger partial charge in [-0.05, 0) is 36.5 Å². The van der Waals surface area contributed by atoms with Crippen molar-refractivity contribution in [2.75, 3.05) is 0 Å². The van der Waals surface area contributed by atoms with Crippen LogP contribution in [-0.4, -0.2) is 27.6 Å². The summed E-state index contributed by atoms with van der Waals surface area (Å²) in [6, 6.07) is 6.52. The number of aliphatic hydroxyl groups is 1. The van der Waals surface area contributed by atoms with Gasteiger partial charge in [-0.1, -0.05) is 31.9 Å². The molecule has 2 atom stereocenters. The highest BCUT2D eigenvalue weighted by Crippen LogP contribution is 2.34. The van der Waals surface area contributed by atoms with Crippen LogP contribution in [0, 0.1) is 5.92 Å². The molecule has 1 amide bonds. The van der Waals surface area contributed by atoms with Gasteiger partial charge in [0.25, 0.3) is 5.91 Å². The van der Waals surface area contributed by atoms with Crippen LogP contribution in [0.5, 0.6) is 0 Å². The van der Waals surface area contributed by atoms with E-state index in [0.29, 0.717) is 17.5 Å². The summed E-state index contributed by atoms with van der Waals surface area (Å²) in [6.07, 6.45) is 3.07. The Balaban J connectivity index is 2.19. The smallest absolute Gasteiger partial charge is 0.329 e. The summed E-state index contributed by atoms with van der Waals surface area (Å²) in [5.74, 6) is -1.44. The van der Waals surface area contributed by atoms with Gasteiger partial charge in [-0.3, -0.25) is 4.79 Å². The van der Waals surface area contributed by atoms with Gasteiger partial charge >= 0.3 is 5.97 Å². The zero-order valence-electron chi connectivity index (χ0n) is 12.1. The Morgan fingerprint density at radius 2 is 1.95 bits per heavy atom. The molecule has 1 fully saturated rings. The number of amides is 1. The lowest BCUT2D eigenvalue weighted by Gasteiger charge is -2.39. The molecule has 0 aromatic heterocycles. The van der Waals surface area contributed by atoms with Gasteiger partial charge in [0, 0.05) is 5.56 Å². The van der Waals surface area contributed by atoms with Gasteiger partial charge in [0.2, 0.25) is 0 Å². The number of nitrogens with one attached hydrogen (secondary N) is 1. The van der Waals surface area contributed by atoms with E-state index >= 15 is 0 Å². The molecule has 21 heavy (non-hydrogen) atoms. The number of hydrogen-bond donors (Lipinski definition) is 3. The minimum absolute atomic E-state index is 0.0853. The first-order chi connectivity index (χ1) is 9.99. The number of carbonyl (C=O) groups excluding carboxylic acids is 1. The third kappa shape index (κ3) is 3.08. The molecule has 0 radical (unpaired) electrons. The Hall–Kier alpha value is -1.88. The van der Waals surface area contributed by atoms with Gasteiger partial charge in [-0.25, -0.2) is 4.79 Å². The minimum Gasteiger partial charge on any atom is -0.479 e. The Kier molecular flexibility index (Phi) is 4.63. The number of benzene rings is 1. The lowest BCUT2D eigenvalue weighted by Crippen LogP contribution is -2.60. The lowest BCUT2D eigenvalue weighted by molar-refractivity contribution is -0.148. The summed E-state index contributed by atoms with van der Waals surface area (Å²) in [5, 5.41) is 21.3. The fourth-order valence-electron chi connectivity index (χ4n) is 2.94. The van der Waals surface area contributed by atoms with Crippen molar-refractivity contribution >= 4 is 11.9 Å². The van der Waals surface area contributed by atoms with E-state index in [-0.39, 0.29) is 18.4 Å². The van der Waals surface area contributed by atoms with Crippen molar-refractivity contribution in [1.82, 2.24) is 5.32 Å². The van der Waals surface area contributed by atoms with Crippen molar-refractivity contribution in [2.24, 2.45) is 5.92 Å². The fourth-order valence-corrected chi connectivity index (χ4v) is 2.94. The van der Waals surface area contributed by atoms with Crippen LogP contribution in [0.15, 0.2) is 24.3 Å². The summed E-state index contributed by atoms with van der Waals surface area (Å²) in [4.78, 5) is 24.0. The SMILES string of the molecule is CC1CCCCC1(NC(=O)c1ccc(CO)cc1)C(=O)O. The summed E-state index contributed by atoms with van der Waals surface area (Å²) in [5.41, 5.74) is -0.0542. The van der Waals surface area contributed by atoms with Crippen molar-refractivity contribution < 1.29 is 19.8 Å². The highest BCUT2D eigenvalue weighted by Gasteiger charge is 2.46. The van der Waals surface area contributed by atoms with Crippen LogP contribution in [-0.2, 0) is 11.4 Å². The summed E-state index contributed by atoms with van der Waals surface area (Å²) in [7, 11) is 0. The molecular formula is C16H21NO4.